The standard InChI is InChI=1S/C13H19N3O3/c17-12-4-2-7-16(12)6-1-3-11-14-13(15-19-11)10-5-8-18-9-10/h10H,1-9H2/t10-/m0/s1. The molecule has 1 aromatic heterocycles. The first-order valence-electron chi connectivity index (χ1n) is 7.01. The van der Waals surface area contributed by atoms with Crippen LogP contribution in [0.15, 0.2) is 4.52 Å². The van der Waals surface area contributed by atoms with Crippen LogP contribution in [0.5, 0.6) is 0 Å². The number of amides is 1. The number of aromatic nitrogens is 2. The smallest absolute Gasteiger partial charge is 0.226 e. The number of hydrogen-bond acceptors (Lipinski definition) is 5. The van der Waals surface area contributed by atoms with E-state index in [0.717, 1.165) is 51.2 Å². The molecule has 1 atom stereocenters. The molecule has 6 heteroatoms. The fourth-order valence-corrected chi connectivity index (χ4v) is 2.64. The van der Waals surface area contributed by atoms with Crippen molar-refractivity contribution in [1.29, 1.82) is 0 Å². The Morgan fingerprint density at radius 1 is 1.42 bits per heavy atom. The van der Waals surface area contributed by atoms with Crippen LogP contribution >= 0.6 is 0 Å². The van der Waals surface area contributed by atoms with Gasteiger partial charge in [0.2, 0.25) is 11.8 Å². The van der Waals surface area contributed by atoms with Crippen molar-refractivity contribution in [3.63, 3.8) is 0 Å². The van der Waals surface area contributed by atoms with Crippen LogP contribution < -0.4 is 0 Å². The number of ether oxygens (including phenoxy) is 1. The molecule has 0 aromatic carbocycles. The summed E-state index contributed by atoms with van der Waals surface area (Å²) in [5.74, 6) is 2.00. The Morgan fingerprint density at radius 2 is 2.37 bits per heavy atom. The molecule has 0 saturated carbocycles. The molecule has 0 aliphatic carbocycles. The van der Waals surface area contributed by atoms with E-state index in [2.05, 4.69) is 10.1 Å². The highest BCUT2D eigenvalue weighted by Gasteiger charge is 2.23. The molecule has 0 unspecified atom stereocenters. The van der Waals surface area contributed by atoms with E-state index in [9.17, 15) is 4.79 Å². The van der Waals surface area contributed by atoms with Gasteiger partial charge in [0.15, 0.2) is 5.82 Å². The number of nitrogens with zero attached hydrogens (tertiary/aromatic N) is 3. The van der Waals surface area contributed by atoms with E-state index in [1.807, 2.05) is 4.90 Å². The molecule has 1 amide bonds. The average molecular weight is 265 g/mol. The van der Waals surface area contributed by atoms with Gasteiger partial charge in [-0.05, 0) is 19.3 Å². The van der Waals surface area contributed by atoms with Crippen molar-refractivity contribution in [1.82, 2.24) is 15.0 Å². The van der Waals surface area contributed by atoms with Crippen molar-refractivity contribution in [2.75, 3.05) is 26.3 Å². The zero-order valence-electron chi connectivity index (χ0n) is 11.0. The van der Waals surface area contributed by atoms with E-state index >= 15 is 0 Å². The highest BCUT2D eigenvalue weighted by Crippen LogP contribution is 2.22. The number of likely N-dealkylation sites (tertiary alicyclic amines) is 1. The summed E-state index contributed by atoms with van der Waals surface area (Å²) in [5.41, 5.74) is 0. The highest BCUT2D eigenvalue weighted by molar-refractivity contribution is 5.77. The van der Waals surface area contributed by atoms with E-state index in [1.54, 1.807) is 0 Å². The van der Waals surface area contributed by atoms with Crippen LogP contribution in [-0.4, -0.2) is 47.3 Å². The maximum Gasteiger partial charge on any atom is 0.226 e. The third kappa shape index (κ3) is 2.94. The predicted molar refractivity (Wildman–Crippen MR) is 66.6 cm³/mol. The van der Waals surface area contributed by atoms with Crippen molar-refractivity contribution in [3.8, 4) is 0 Å². The molecule has 0 bridgehead atoms. The zero-order chi connectivity index (χ0) is 13.1. The SMILES string of the molecule is O=C1CCCN1CCCc1nc([C@H]2CCOC2)no1. The summed E-state index contributed by atoms with van der Waals surface area (Å²) in [7, 11) is 0. The van der Waals surface area contributed by atoms with E-state index in [1.165, 1.54) is 0 Å². The third-order valence-corrected chi connectivity index (χ3v) is 3.77. The van der Waals surface area contributed by atoms with Gasteiger partial charge >= 0.3 is 0 Å². The first-order chi connectivity index (χ1) is 9.33. The van der Waals surface area contributed by atoms with Crippen LogP contribution in [0.3, 0.4) is 0 Å². The first kappa shape index (κ1) is 12.6. The molecule has 6 nitrogen and oxygen atoms in total. The lowest BCUT2D eigenvalue weighted by atomic mass is 10.1. The van der Waals surface area contributed by atoms with Crippen LogP contribution in [0.25, 0.3) is 0 Å². The second-order valence-electron chi connectivity index (χ2n) is 5.19. The van der Waals surface area contributed by atoms with Gasteiger partial charge in [0.1, 0.15) is 0 Å². The van der Waals surface area contributed by atoms with Gasteiger partial charge in [-0.3, -0.25) is 4.79 Å². The fraction of sp³-hybridized carbons (Fsp3) is 0.769. The lowest BCUT2D eigenvalue weighted by molar-refractivity contribution is -0.127. The van der Waals surface area contributed by atoms with Gasteiger partial charge in [-0.2, -0.15) is 4.98 Å². The quantitative estimate of drug-likeness (QED) is 0.798. The van der Waals surface area contributed by atoms with Gasteiger partial charge in [-0.1, -0.05) is 5.16 Å². The minimum Gasteiger partial charge on any atom is -0.381 e. The Morgan fingerprint density at radius 3 is 3.11 bits per heavy atom. The Balaban J connectivity index is 1.46. The summed E-state index contributed by atoms with van der Waals surface area (Å²) >= 11 is 0. The Kier molecular flexibility index (Phi) is 3.77. The Labute approximate surface area is 112 Å². The number of aryl methyl sites for hydroxylation is 1. The normalized spacial score (nSPS) is 23.5. The molecule has 2 fully saturated rings. The molecule has 104 valence electrons. The molecule has 2 aliphatic heterocycles. The summed E-state index contributed by atoms with van der Waals surface area (Å²) in [4.78, 5) is 17.8. The minimum atomic E-state index is 0.273. The van der Waals surface area contributed by atoms with E-state index in [0.29, 0.717) is 18.9 Å². The second-order valence-corrected chi connectivity index (χ2v) is 5.19. The van der Waals surface area contributed by atoms with Crippen LogP contribution in [0, 0.1) is 0 Å². The number of rotatable bonds is 5. The molecule has 3 rings (SSSR count). The van der Waals surface area contributed by atoms with Crippen molar-refractivity contribution < 1.29 is 14.1 Å². The van der Waals surface area contributed by atoms with Crippen LogP contribution in [0.1, 0.15) is 43.3 Å². The average Bonchev–Trinajstić information content (AvgIpc) is 3.11. The lowest BCUT2D eigenvalue weighted by Gasteiger charge is -2.13. The largest absolute Gasteiger partial charge is 0.381 e. The van der Waals surface area contributed by atoms with Gasteiger partial charge < -0.3 is 14.2 Å². The van der Waals surface area contributed by atoms with Crippen molar-refractivity contribution in [3.05, 3.63) is 11.7 Å². The van der Waals surface area contributed by atoms with Crippen molar-refractivity contribution in [2.45, 2.75) is 38.0 Å². The summed E-state index contributed by atoms with van der Waals surface area (Å²) in [5, 5.41) is 4.02. The summed E-state index contributed by atoms with van der Waals surface area (Å²) < 4.78 is 10.6. The van der Waals surface area contributed by atoms with Gasteiger partial charge in [-0.25, -0.2) is 0 Å². The second kappa shape index (κ2) is 5.69. The number of carbonyl (C=O) groups excluding carboxylic acids is 1. The molecule has 2 saturated heterocycles. The van der Waals surface area contributed by atoms with Crippen LogP contribution in [-0.2, 0) is 16.0 Å². The molecular formula is C13H19N3O3. The van der Waals surface area contributed by atoms with Crippen molar-refractivity contribution in [2.24, 2.45) is 0 Å². The molecule has 19 heavy (non-hydrogen) atoms. The van der Waals surface area contributed by atoms with Gasteiger partial charge in [0.05, 0.1) is 6.61 Å². The molecule has 0 N–H and O–H groups in total. The molecule has 2 aliphatic rings. The summed E-state index contributed by atoms with van der Waals surface area (Å²) in [6.07, 6.45) is 4.29. The maximum absolute atomic E-state index is 11.5. The molecule has 1 aromatic rings. The Hall–Kier alpha value is -1.43. The van der Waals surface area contributed by atoms with Crippen LogP contribution in [0.2, 0.25) is 0 Å². The third-order valence-electron chi connectivity index (χ3n) is 3.77. The number of carbonyl (C=O) groups is 1. The van der Waals surface area contributed by atoms with E-state index in [4.69, 9.17) is 9.26 Å². The monoisotopic (exact) mass is 265 g/mol. The fourth-order valence-electron chi connectivity index (χ4n) is 2.64. The summed E-state index contributed by atoms with van der Waals surface area (Å²) in [6.45, 7) is 3.17. The minimum absolute atomic E-state index is 0.273. The van der Waals surface area contributed by atoms with Crippen LogP contribution in [0.4, 0.5) is 0 Å². The lowest BCUT2D eigenvalue weighted by Crippen LogP contribution is -2.25. The molecular weight excluding hydrogens is 246 g/mol. The zero-order valence-corrected chi connectivity index (χ0v) is 11.0. The highest BCUT2D eigenvalue weighted by atomic mass is 16.5. The van der Waals surface area contributed by atoms with E-state index in [-0.39, 0.29) is 11.8 Å². The van der Waals surface area contributed by atoms with E-state index < -0.39 is 0 Å². The van der Waals surface area contributed by atoms with Gasteiger partial charge in [-0.15, -0.1) is 0 Å². The molecule has 0 radical (unpaired) electrons. The first-order valence-corrected chi connectivity index (χ1v) is 7.01. The number of hydrogen-bond donors (Lipinski definition) is 0. The maximum atomic E-state index is 11.5. The van der Waals surface area contributed by atoms with Gasteiger partial charge in [0, 0.05) is 38.5 Å². The predicted octanol–water partition coefficient (Wildman–Crippen LogP) is 1.13. The Bertz CT molecular complexity index is 440. The van der Waals surface area contributed by atoms with Crippen molar-refractivity contribution >= 4 is 5.91 Å². The molecule has 3 heterocycles. The van der Waals surface area contributed by atoms with Gasteiger partial charge in [0.25, 0.3) is 0 Å². The molecule has 0 spiro atoms. The summed E-state index contributed by atoms with van der Waals surface area (Å²) in [6, 6.07) is 0. The topological polar surface area (TPSA) is 68.5 Å².